The van der Waals surface area contributed by atoms with Gasteiger partial charge < -0.3 is 0 Å². The van der Waals surface area contributed by atoms with E-state index in [9.17, 15) is 57.5 Å². The van der Waals surface area contributed by atoms with Crippen molar-refractivity contribution in [1.29, 1.82) is 0 Å². The quantitative estimate of drug-likeness (QED) is 0.0297. The second kappa shape index (κ2) is 18.1. The monoisotopic (exact) mass is 993 g/mol. The highest BCUT2D eigenvalue weighted by molar-refractivity contribution is 7.20. The van der Waals surface area contributed by atoms with Gasteiger partial charge in [-0.05, 0) is 0 Å². The lowest BCUT2D eigenvalue weighted by Crippen LogP contribution is -2.81. The van der Waals surface area contributed by atoms with Gasteiger partial charge in [0.25, 0.3) is 0 Å². The number of benzene rings is 5. The van der Waals surface area contributed by atoms with E-state index in [0.717, 1.165) is 0 Å². The number of carbonyl (C=O) groups excluding carboxylic acids is 1. The summed E-state index contributed by atoms with van der Waals surface area (Å²) in [5.41, 5.74) is -13.1. The molecule has 5 aromatic carbocycles. The van der Waals surface area contributed by atoms with Crippen molar-refractivity contribution in [3.63, 3.8) is 0 Å². The molecule has 26 heteroatoms. The third-order valence-electron chi connectivity index (χ3n) is 9.35. The number of nitrogens with zero attached hydrogens (tertiary/aromatic N) is 1. The molecule has 6 aromatic rings. The van der Waals surface area contributed by atoms with Crippen molar-refractivity contribution in [2.45, 2.75) is 10.3 Å². The second-order valence-corrected chi connectivity index (χ2v) is 15.1. The number of alkyl halides is 3. The molecule has 1 heterocycles. The third-order valence-corrected chi connectivity index (χ3v) is 10.0. The maximum atomic E-state index is 15.4. The molecule has 338 valence electrons. The number of hydrogen-bond acceptors (Lipinski definition) is 1. The van der Waals surface area contributed by atoms with Crippen LogP contribution in [0.4, 0.5) is 87.8 Å². The Labute approximate surface area is 357 Å². The van der Waals surface area contributed by atoms with Crippen molar-refractivity contribution in [3.8, 4) is 0 Å². The molecule has 0 fully saturated rings. The molecule has 0 saturated heterocycles. The first-order chi connectivity index (χ1) is 29.7. The van der Waals surface area contributed by atoms with E-state index in [1.807, 2.05) is 18.2 Å². The Morgan fingerprint density at radius 1 is 0.391 bits per heavy atom. The Morgan fingerprint density at radius 2 is 0.625 bits per heavy atom. The zero-order chi connectivity index (χ0) is 48.2. The molecule has 0 N–H and O–H groups in total. The van der Waals surface area contributed by atoms with Crippen molar-refractivity contribution in [2.75, 3.05) is 0 Å². The van der Waals surface area contributed by atoms with E-state index in [2.05, 4.69) is 0 Å². The maximum absolute atomic E-state index is 15.4. The highest BCUT2D eigenvalue weighted by atomic mass is 35.6. The predicted molar refractivity (Wildman–Crippen MR) is 186 cm³/mol. The predicted octanol–water partition coefficient (Wildman–Crippen LogP) is 9.53. The summed E-state index contributed by atoms with van der Waals surface area (Å²) in [6, 6.07) is 12.5. The van der Waals surface area contributed by atoms with Gasteiger partial charge in [0.1, 0.15) is 52.7 Å². The van der Waals surface area contributed by atoms with Gasteiger partial charge in [0, 0.05) is 23.3 Å². The van der Waals surface area contributed by atoms with E-state index in [0.29, 0.717) is 11.1 Å². The molecule has 0 aliphatic carbocycles. The van der Waals surface area contributed by atoms with Crippen LogP contribution in [-0.2, 0) is 10.3 Å². The first-order valence-corrected chi connectivity index (χ1v) is 17.7. The first-order valence-electron chi connectivity index (χ1n) is 16.5. The van der Waals surface area contributed by atoms with Crippen LogP contribution in [-0.4, -0.2) is 11.9 Å². The van der Waals surface area contributed by atoms with Crippen molar-refractivity contribution in [2.24, 2.45) is 0 Å². The molecular weight excluding hydrogens is 984 g/mol. The zero-order valence-corrected chi connectivity index (χ0v) is 32.3. The smallest absolute Gasteiger partial charge is 0.227 e. The highest BCUT2D eigenvalue weighted by Crippen LogP contribution is 2.37. The molecule has 0 saturated carbocycles. The van der Waals surface area contributed by atoms with Crippen LogP contribution in [0.15, 0.2) is 54.9 Å². The summed E-state index contributed by atoms with van der Waals surface area (Å²) in [6.07, 6.45) is -3.78. The molecule has 0 radical (unpaired) electrons. The second-order valence-electron chi connectivity index (χ2n) is 12.8. The first kappa shape index (κ1) is 49.5. The number of aromatic nitrogens is 1. The number of carbonyl (C=O) groups is 1. The lowest BCUT2D eigenvalue weighted by atomic mass is 9.12. The Hall–Kier alpha value is -5.55. The summed E-state index contributed by atoms with van der Waals surface area (Å²) in [6.45, 7) is 0.254. The van der Waals surface area contributed by atoms with Crippen LogP contribution in [0, 0.1) is 116 Å². The van der Waals surface area contributed by atoms with E-state index in [1.165, 1.54) is 0 Å². The Morgan fingerprint density at radius 3 is 0.859 bits per heavy atom. The molecule has 2 nitrogen and oxygen atoms in total. The summed E-state index contributed by atoms with van der Waals surface area (Å²) in [5.74, 6) is -71.4. The average Bonchev–Trinajstić information content (AvgIpc) is 3.26. The van der Waals surface area contributed by atoms with Gasteiger partial charge in [-0.3, -0.25) is 4.79 Å². The molecule has 0 amide bonds. The van der Waals surface area contributed by atoms with Gasteiger partial charge >= 0.3 is 0 Å². The van der Waals surface area contributed by atoms with Gasteiger partial charge in [-0.2, -0.15) is 4.57 Å². The van der Waals surface area contributed by atoms with E-state index in [-0.39, 0.29) is 12.3 Å². The highest BCUT2D eigenvalue weighted by Gasteiger charge is 2.52. The van der Waals surface area contributed by atoms with Gasteiger partial charge in [-0.15, -0.1) is 21.9 Å². The number of rotatable bonds is 7. The summed E-state index contributed by atoms with van der Waals surface area (Å²) < 4.78 is 294. The van der Waals surface area contributed by atoms with Crippen molar-refractivity contribution < 1.29 is 97.2 Å². The molecule has 64 heavy (non-hydrogen) atoms. The molecular formula is C38H11BCl3F20NO. The van der Waals surface area contributed by atoms with Gasteiger partial charge in [0.05, 0.1) is 0 Å². The number of Topliss-reactive ketones (excluding diaryl/α,β-unsaturated/α-hetero) is 1. The van der Waals surface area contributed by atoms with E-state index in [4.69, 9.17) is 34.8 Å². The minimum absolute atomic E-state index is 0.0345. The average molecular weight is 995 g/mol. The van der Waals surface area contributed by atoms with Crippen LogP contribution in [0.5, 0.6) is 0 Å². The van der Waals surface area contributed by atoms with E-state index in [1.54, 1.807) is 41.2 Å². The molecule has 0 aliphatic rings. The van der Waals surface area contributed by atoms with Crippen LogP contribution < -0.4 is 26.4 Å². The van der Waals surface area contributed by atoms with E-state index >= 15 is 35.1 Å². The fraction of sp³-hybridized carbons (Fsp3) is 0.0526. The van der Waals surface area contributed by atoms with E-state index < -0.39 is 148 Å². The SMILES string of the molecule is Fc1c(F)c(F)c([B-](c2c(F)c(F)c(F)c(F)c2F)(c2c(F)c(F)c(F)c(F)c2F)c2c(F)c(F)c(F)c(F)c2F)c(F)c1F.O=C(C[n+]1ccc(C(Cl)(Cl)Cl)cc1)c1ccccc1. The minimum Gasteiger partial charge on any atom is -0.287 e. The summed E-state index contributed by atoms with van der Waals surface area (Å²) in [7, 11) is 0. The Balaban J connectivity index is 0.000000337. The molecule has 6 rings (SSSR count). The van der Waals surface area contributed by atoms with Crippen LogP contribution in [0.25, 0.3) is 0 Å². The maximum Gasteiger partial charge on any atom is 0.227 e. The number of pyridine rings is 1. The number of ketones is 1. The van der Waals surface area contributed by atoms with Crippen molar-refractivity contribution in [3.05, 3.63) is 182 Å². The number of halogens is 23. The van der Waals surface area contributed by atoms with Gasteiger partial charge in [-0.1, -0.05) is 65.1 Å². The standard InChI is InChI=1S/C24BF20.C14H11Cl3NO/c26-5-1(6(27)14(35)21(42)13(5)34)25(2-7(28)15(36)22(43)16(37)8(2)29,3-9(30)17(38)23(44)18(39)10(3)31)4-11(32)19(40)24(45)20(41)12(4)33;15-14(16,17)12-6-8-18(9-7-12)10-13(19)11-4-2-1-3-5-11/h;1-9H,10H2/q-1;+1. The Kier molecular flexibility index (Phi) is 14.0. The third kappa shape index (κ3) is 8.09. The fourth-order valence-electron chi connectivity index (χ4n) is 6.51. The van der Waals surface area contributed by atoms with Crippen LogP contribution in [0.2, 0.25) is 0 Å². The van der Waals surface area contributed by atoms with Gasteiger partial charge in [0.2, 0.25) is 16.1 Å². The molecule has 0 unspecified atom stereocenters. The summed E-state index contributed by atoms with van der Waals surface area (Å²) in [5, 5.41) is 0. The fourth-order valence-corrected chi connectivity index (χ4v) is 6.89. The van der Waals surface area contributed by atoms with Crippen LogP contribution >= 0.6 is 34.8 Å². The lowest BCUT2D eigenvalue weighted by molar-refractivity contribution is -0.683. The van der Waals surface area contributed by atoms with Gasteiger partial charge in [-0.25, -0.2) is 87.8 Å². The van der Waals surface area contributed by atoms with Crippen LogP contribution in [0.1, 0.15) is 15.9 Å². The van der Waals surface area contributed by atoms with Crippen LogP contribution in [0.3, 0.4) is 0 Å². The number of hydrogen-bond donors (Lipinski definition) is 0. The minimum atomic E-state index is -7.22. The topological polar surface area (TPSA) is 20.9 Å². The summed E-state index contributed by atoms with van der Waals surface area (Å²) in [4.78, 5) is 12.0. The normalized spacial score (nSPS) is 11.8. The molecule has 0 aliphatic heterocycles. The molecule has 0 bridgehead atoms. The summed E-state index contributed by atoms with van der Waals surface area (Å²) >= 11 is 17.3. The van der Waals surface area contributed by atoms with Crippen molar-refractivity contribution in [1.82, 2.24) is 0 Å². The van der Waals surface area contributed by atoms with Crippen molar-refractivity contribution >= 4 is 68.6 Å². The Bertz CT molecular complexity index is 2480. The van der Waals surface area contributed by atoms with Gasteiger partial charge in [0.15, 0.2) is 82.2 Å². The molecule has 0 atom stereocenters. The largest absolute Gasteiger partial charge is 0.287 e. The molecule has 1 aromatic heterocycles. The lowest BCUT2D eigenvalue weighted by Gasteiger charge is -2.44. The zero-order valence-electron chi connectivity index (χ0n) is 30.0. The molecule has 0 spiro atoms.